The summed E-state index contributed by atoms with van der Waals surface area (Å²) in [6.45, 7) is 1.54. The number of benzene rings is 1. The number of carboxylic acid groups (broad SMARTS) is 1. The van der Waals surface area contributed by atoms with Gasteiger partial charge in [0.05, 0.1) is 23.0 Å². The Morgan fingerprint density at radius 3 is 2.44 bits per heavy atom. The second kappa shape index (κ2) is 6.64. The molecule has 1 heterocycles. The number of amides is 1. The van der Waals surface area contributed by atoms with Gasteiger partial charge in [-0.2, -0.15) is 4.31 Å². The molecule has 1 aliphatic rings. The van der Waals surface area contributed by atoms with Crippen LogP contribution in [0.3, 0.4) is 0 Å². The van der Waals surface area contributed by atoms with E-state index in [4.69, 9.17) is 4.74 Å². The lowest BCUT2D eigenvalue weighted by molar-refractivity contribution is -0.146. The van der Waals surface area contributed by atoms with Gasteiger partial charge in [-0.15, -0.1) is 0 Å². The van der Waals surface area contributed by atoms with Crippen LogP contribution < -0.4 is 4.74 Å². The molecule has 2 rings (SSSR count). The van der Waals surface area contributed by atoms with Gasteiger partial charge in [0.15, 0.2) is 0 Å². The summed E-state index contributed by atoms with van der Waals surface area (Å²) in [5, 5.41) is 9.28. The minimum absolute atomic E-state index is 0.0619. The number of carboxylic acids is 1. The summed E-state index contributed by atoms with van der Waals surface area (Å²) in [7, 11) is 0.606. The molecule has 1 aliphatic heterocycles. The zero-order valence-corrected chi connectivity index (χ0v) is 15.5. The minimum Gasteiger partial charge on any atom is -0.496 e. The van der Waals surface area contributed by atoms with Gasteiger partial charge in [-0.3, -0.25) is 9.59 Å². The van der Waals surface area contributed by atoms with Crippen molar-refractivity contribution in [2.45, 2.75) is 18.2 Å². The number of sulfonamides is 1. The van der Waals surface area contributed by atoms with E-state index in [1.165, 1.54) is 37.1 Å². The first-order valence-electron chi connectivity index (χ1n) is 7.66. The van der Waals surface area contributed by atoms with Crippen LogP contribution in [0.25, 0.3) is 0 Å². The highest BCUT2D eigenvalue weighted by molar-refractivity contribution is 7.89. The largest absolute Gasteiger partial charge is 0.496 e. The molecule has 0 saturated carbocycles. The van der Waals surface area contributed by atoms with Crippen molar-refractivity contribution in [1.29, 1.82) is 0 Å². The fourth-order valence-corrected chi connectivity index (χ4v) is 4.29. The van der Waals surface area contributed by atoms with Crippen LogP contribution in [-0.2, 0) is 14.8 Å². The monoisotopic (exact) mass is 370 g/mol. The zero-order chi connectivity index (χ0) is 19.0. The van der Waals surface area contributed by atoms with Gasteiger partial charge in [-0.05, 0) is 31.5 Å². The molecule has 1 N–H and O–H groups in total. The molecule has 0 spiro atoms. The summed E-state index contributed by atoms with van der Waals surface area (Å²) in [5.41, 5.74) is -0.976. The lowest BCUT2D eigenvalue weighted by Gasteiger charge is -2.21. The highest BCUT2D eigenvalue weighted by Gasteiger charge is 2.45. The van der Waals surface area contributed by atoms with Crippen LogP contribution in [0.2, 0.25) is 0 Å². The normalized spacial score (nSPS) is 21.1. The number of carbonyl (C=O) groups is 2. The third-order valence-corrected chi connectivity index (χ3v) is 6.24. The Labute approximate surface area is 147 Å². The molecular formula is C16H22N2O6S. The summed E-state index contributed by atoms with van der Waals surface area (Å²) in [6.07, 6.45) is 0.237. The predicted molar refractivity (Wildman–Crippen MR) is 90.1 cm³/mol. The Balaban J connectivity index is 2.42. The number of methoxy groups -OCH3 is 1. The predicted octanol–water partition coefficient (Wildman–Crippen LogP) is 0.882. The SMILES string of the molecule is COc1ccc(S(=O)(=O)N2CCC(C)(C(=O)O)C2)cc1C(=O)N(C)C. The number of rotatable bonds is 5. The molecule has 1 aromatic carbocycles. The molecule has 0 bridgehead atoms. The van der Waals surface area contributed by atoms with Crippen molar-refractivity contribution in [3.63, 3.8) is 0 Å². The summed E-state index contributed by atoms with van der Waals surface area (Å²) >= 11 is 0. The van der Waals surface area contributed by atoms with E-state index in [9.17, 15) is 23.1 Å². The standard InChI is InChI=1S/C16H22N2O6S/c1-16(15(20)21)7-8-18(10-16)25(22,23)11-5-6-13(24-4)12(9-11)14(19)17(2)3/h5-6,9H,7-8,10H2,1-4H3,(H,20,21). The number of hydrogen-bond acceptors (Lipinski definition) is 5. The molecule has 1 aromatic rings. The van der Waals surface area contributed by atoms with E-state index in [1.54, 1.807) is 14.1 Å². The van der Waals surface area contributed by atoms with E-state index in [0.29, 0.717) is 0 Å². The maximum absolute atomic E-state index is 12.9. The van der Waals surface area contributed by atoms with Crippen molar-refractivity contribution in [1.82, 2.24) is 9.21 Å². The topological polar surface area (TPSA) is 104 Å². The molecule has 0 aliphatic carbocycles. The molecule has 138 valence electrons. The second-order valence-corrected chi connectivity index (χ2v) is 8.45. The molecule has 9 heteroatoms. The highest BCUT2D eigenvalue weighted by Crippen LogP contribution is 2.34. The lowest BCUT2D eigenvalue weighted by atomic mass is 9.90. The average molecular weight is 370 g/mol. The molecular weight excluding hydrogens is 348 g/mol. The van der Waals surface area contributed by atoms with Crippen LogP contribution in [-0.4, -0.2) is 68.9 Å². The number of ether oxygens (including phenoxy) is 1. The maximum atomic E-state index is 12.9. The van der Waals surface area contributed by atoms with E-state index >= 15 is 0 Å². The van der Waals surface area contributed by atoms with Gasteiger partial charge >= 0.3 is 5.97 Å². The van der Waals surface area contributed by atoms with Crippen molar-refractivity contribution in [3.05, 3.63) is 23.8 Å². The second-order valence-electron chi connectivity index (χ2n) is 6.52. The third kappa shape index (κ3) is 3.47. The molecule has 1 atom stereocenters. The summed E-state index contributed by atoms with van der Waals surface area (Å²) < 4.78 is 32.0. The van der Waals surface area contributed by atoms with Crippen LogP contribution in [0.15, 0.2) is 23.1 Å². The molecule has 0 radical (unpaired) electrons. The van der Waals surface area contributed by atoms with E-state index in [0.717, 1.165) is 4.31 Å². The molecule has 1 saturated heterocycles. The molecule has 8 nitrogen and oxygen atoms in total. The Kier molecular flexibility index (Phi) is 5.10. The van der Waals surface area contributed by atoms with Gasteiger partial charge in [-0.25, -0.2) is 8.42 Å². The fourth-order valence-electron chi connectivity index (χ4n) is 2.70. The smallest absolute Gasteiger partial charge is 0.310 e. The van der Waals surface area contributed by atoms with Crippen LogP contribution in [0.4, 0.5) is 0 Å². The van der Waals surface area contributed by atoms with Crippen LogP contribution >= 0.6 is 0 Å². The van der Waals surface area contributed by atoms with Crippen LogP contribution in [0.1, 0.15) is 23.7 Å². The molecule has 25 heavy (non-hydrogen) atoms. The maximum Gasteiger partial charge on any atom is 0.310 e. The Morgan fingerprint density at radius 1 is 1.32 bits per heavy atom. The number of nitrogens with zero attached hydrogens (tertiary/aromatic N) is 2. The molecule has 1 fully saturated rings. The number of hydrogen-bond donors (Lipinski definition) is 1. The summed E-state index contributed by atoms with van der Waals surface area (Å²) in [5.74, 6) is -1.14. The lowest BCUT2D eigenvalue weighted by Crippen LogP contribution is -2.35. The molecule has 1 unspecified atom stereocenters. The van der Waals surface area contributed by atoms with Gasteiger partial charge in [0.25, 0.3) is 5.91 Å². The first-order valence-corrected chi connectivity index (χ1v) is 9.10. The van der Waals surface area contributed by atoms with Gasteiger partial charge in [0.1, 0.15) is 5.75 Å². The van der Waals surface area contributed by atoms with E-state index < -0.39 is 21.4 Å². The van der Waals surface area contributed by atoms with E-state index in [1.807, 2.05) is 0 Å². The summed E-state index contributed by atoms with van der Waals surface area (Å²) in [6, 6.07) is 4.06. The van der Waals surface area contributed by atoms with Crippen molar-refractivity contribution >= 4 is 21.9 Å². The first-order chi connectivity index (χ1) is 11.5. The van der Waals surface area contributed by atoms with Gasteiger partial charge in [-0.1, -0.05) is 0 Å². The van der Waals surface area contributed by atoms with Gasteiger partial charge in [0, 0.05) is 27.2 Å². The minimum atomic E-state index is -3.91. The first kappa shape index (κ1) is 19.2. The van der Waals surface area contributed by atoms with Crippen molar-refractivity contribution in [2.24, 2.45) is 5.41 Å². The van der Waals surface area contributed by atoms with Gasteiger partial charge in [0.2, 0.25) is 10.0 Å². The summed E-state index contributed by atoms with van der Waals surface area (Å²) in [4.78, 5) is 24.9. The Morgan fingerprint density at radius 2 is 1.96 bits per heavy atom. The quantitative estimate of drug-likeness (QED) is 0.825. The van der Waals surface area contributed by atoms with Crippen molar-refractivity contribution in [2.75, 3.05) is 34.3 Å². The van der Waals surface area contributed by atoms with Gasteiger partial charge < -0.3 is 14.7 Å². The number of carbonyl (C=O) groups excluding carboxylic acids is 1. The highest BCUT2D eigenvalue weighted by atomic mass is 32.2. The number of aliphatic carboxylic acids is 1. The fraction of sp³-hybridized carbons (Fsp3) is 0.500. The van der Waals surface area contributed by atoms with Crippen molar-refractivity contribution < 1.29 is 27.9 Å². The van der Waals surface area contributed by atoms with Crippen molar-refractivity contribution in [3.8, 4) is 5.75 Å². The average Bonchev–Trinajstić information content (AvgIpc) is 2.98. The van der Waals surface area contributed by atoms with Crippen LogP contribution in [0.5, 0.6) is 5.75 Å². The van der Waals surface area contributed by atoms with E-state index in [2.05, 4.69) is 0 Å². The Bertz CT molecular complexity index is 805. The molecule has 1 amide bonds. The van der Waals surface area contributed by atoms with Crippen LogP contribution in [0, 0.1) is 5.41 Å². The zero-order valence-electron chi connectivity index (χ0n) is 14.6. The third-order valence-electron chi connectivity index (χ3n) is 4.40. The van der Waals surface area contributed by atoms with E-state index in [-0.39, 0.29) is 41.6 Å². The molecule has 0 aromatic heterocycles. The Hall–Kier alpha value is -2.13.